The molecule has 146 valence electrons. The highest BCUT2D eigenvalue weighted by Crippen LogP contribution is 2.23. The number of carbonyl (C=O) groups excluding carboxylic acids is 1. The fourth-order valence-corrected chi connectivity index (χ4v) is 2.77. The third-order valence-electron chi connectivity index (χ3n) is 4.30. The number of amides is 1. The number of ether oxygens (including phenoxy) is 3. The van der Waals surface area contributed by atoms with E-state index in [-0.39, 0.29) is 12.5 Å². The highest BCUT2D eigenvalue weighted by atomic mass is 16.5. The normalized spacial score (nSPS) is 11.5. The lowest BCUT2D eigenvalue weighted by molar-refractivity contribution is -0.123. The van der Waals surface area contributed by atoms with Gasteiger partial charge in [-0.2, -0.15) is 0 Å². The van der Waals surface area contributed by atoms with Gasteiger partial charge in [0.05, 0.1) is 14.2 Å². The van der Waals surface area contributed by atoms with Gasteiger partial charge in [0, 0.05) is 19.4 Å². The Morgan fingerprint density at radius 2 is 1.57 bits per heavy atom. The Labute approximate surface area is 163 Å². The molecular formula is C21H23N3O4. The molecule has 1 heterocycles. The van der Waals surface area contributed by atoms with Crippen molar-refractivity contribution in [1.82, 2.24) is 14.9 Å². The van der Waals surface area contributed by atoms with Crippen LogP contribution in [0.4, 0.5) is 0 Å². The zero-order valence-electron chi connectivity index (χ0n) is 16.1. The summed E-state index contributed by atoms with van der Waals surface area (Å²) >= 11 is 0. The number of hydrogen-bond acceptors (Lipinski definition) is 5. The van der Waals surface area contributed by atoms with E-state index in [4.69, 9.17) is 14.2 Å². The van der Waals surface area contributed by atoms with Crippen molar-refractivity contribution in [1.29, 1.82) is 0 Å². The molecule has 3 aromatic rings. The summed E-state index contributed by atoms with van der Waals surface area (Å²) in [6.45, 7) is -0.108. The molecule has 0 spiro atoms. The first kappa shape index (κ1) is 19.3. The summed E-state index contributed by atoms with van der Waals surface area (Å²) in [7, 11) is 5.10. The van der Waals surface area contributed by atoms with Gasteiger partial charge >= 0.3 is 0 Å². The number of methoxy groups -OCH3 is 2. The van der Waals surface area contributed by atoms with Crippen molar-refractivity contribution >= 4 is 5.91 Å². The summed E-state index contributed by atoms with van der Waals surface area (Å²) in [4.78, 5) is 16.9. The molecule has 7 heteroatoms. The fourth-order valence-electron chi connectivity index (χ4n) is 2.77. The first-order valence-corrected chi connectivity index (χ1v) is 8.78. The minimum Gasteiger partial charge on any atom is -0.497 e. The van der Waals surface area contributed by atoms with Crippen molar-refractivity contribution in [3.05, 3.63) is 72.3 Å². The third-order valence-corrected chi connectivity index (χ3v) is 4.30. The second-order valence-electron chi connectivity index (χ2n) is 6.13. The molecule has 7 nitrogen and oxygen atoms in total. The maximum atomic E-state index is 12.5. The Bertz CT molecular complexity index is 904. The zero-order valence-corrected chi connectivity index (χ0v) is 16.1. The Kier molecular flexibility index (Phi) is 6.16. The number of benzene rings is 2. The van der Waals surface area contributed by atoms with Crippen LogP contribution < -0.4 is 19.5 Å². The monoisotopic (exact) mass is 381 g/mol. The molecule has 1 atom stereocenters. The molecule has 0 saturated heterocycles. The highest BCUT2D eigenvalue weighted by molar-refractivity contribution is 5.78. The lowest BCUT2D eigenvalue weighted by atomic mass is 10.1. The number of hydrogen-bond donors (Lipinski definition) is 1. The quantitative estimate of drug-likeness (QED) is 0.649. The van der Waals surface area contributed by atoms with Crippen LogP contribution in [0.15, 0.2) is 60.9 Å². The van der Waals surface area contributed by atoms with Crippen LogP contribution in [-0.4, -0.2) is 36.3 Å². The largest absolute Gasteiger partial charge is 0.497 e. The Morgan fingerprint density at radius 3 is 2.11 bits per heavy atom. The average molecular weight is 381 g/mol. The molecule has 0 bridgehead atoms. The third kappa shape index (κ3) is 4.62. The molecule has 0 aliphatic rings. The second-order valence-corrected chi connectivity index (χ2v) is 6.13. The minimum absolute atomic E-state index is 0.108. The maximum absolute atomic E-state index is 12.5. The van der Waals surface area contributed by atoms with Gasteiger partial charge in [0.15, 0.2) is 6.61 Å². The first-order valence-electron chi connectivity index (χ1n) is 8.78. The van der Waals surface area contributed by atoms with Gasteiger partial charge in [-0.25, -0.2) is 4.98 Å². The highest BCUT2D eigenvalue weighted by Gasteiger charge is 2.21. The summed E-state index contributed by atoms with van der Waals surface area (Å²) in [6, 6.07) is 14.2. The zero-order chi connectivity index (χ0) is 19.9. The summed E-state index contributed by atoms with van der Waals surface area (Å²) in [5, 5.41) is 2.99. The van der Waals surface area contributed by atoms with Crippen LogP contribution in [0.5, 0.6) is 17.2 Å². The van der Waals surface area contributed by atoms with E-state index in [1.54, 1.807) is 44.7 Å². The van der Waals surface area contributed by atoms with Crippen molar-refractivity contribution in [3.8, 4) is 17.2 Å². The first-order chi connectivity index (χ1) is 13.6. The van der Waals surface area contributed by atoms with E-state index in [9.17, 15) is 4.79 Å². The maximum Gasteiger partial charge on any atom is 0.258 e. The van der Waals surface area contributed by atoms with Crippen LogP contribution in [0.2, 0.25) is 0 Å². The van der Waals surface area contributed by atoms with Gasteiger partial charge in [0.2, 0.25) is 0 Å². The van der Waals surface area contributed by atoms with Crippen molar-refractivity contribution in [2.24, 2.45) is 7.05 Å². The Morgan fingerprint density at radius 1 is 1.00 bits per heavy atom. The molecule has 0 radical (unpaired) electrons. The van der Waals surface area contributed by atoms with E-state index in [0.717, 1.165) is 22.9 Å². The Balaban J connectivity index is 1.71. The smallest absolute Gasteiger partial charge is 0.258 e. The van der Waals surface area contributed by atoms with Crippen LogP contribution >= 0.6 is 0 Å². The number of imidazole rings is 1. The van der Waals surface area contributed by atoms with Crippen LogP contribution in [0.3, 0.4) is 0 Å². The molecule has 1 amide bonds. The predicted octanol–water partition coefficient (Wildman–Crippen LogP) is 2.72. The van der Waals surface area contributed by atoms with E-state index in [1.165, 1.54) is 0 Å². The number of nitrogens with zero attached hydrogens (tertiary/aromatic N) is 2. The van der Waals surface area contributed by atoms with E-state index < -0.39 is 6.04 Å². The average Bonchev–Trinajstić information content (AvgIpc) is 3.16. The molecule has 1 N–H and O–H groups in total. The SMILES string of the molecule is COc1ccc(OCC(=O)NC(c2ccc(OC)cc2)c2nccn2C)cc1. The van der Waals surface area contributed by atoms with E-state index in [1.807, 2.05) is 42.1 Å². The second kappa shape index (κ2) is 8.94. The fraction of sp³-hybridized carbons (Fsp3) is 0.238. The molecule has 3 rings (SSSR count). The van der Waals surface area contributed by atoms with E-state index in [2.05, 4.69) is 10.3 Å². The summed E-state index contributed by atoms with van der Waals surface area (Å²) in [5.74, 6) is 2.54. The van der Waals surface area contributed by atoms with Crippen molar-refractivity contribution < 1.29 is 19.0 Å². The van der Waals surface area contributed by atoms with Crippen LogP contribution in [0.25, 0.3) is 0 Å². The van der Waals surface area contributed by atoms with Gasteiger partial charge in [-0.15, -0.1) is 0 Å². The van der Waals surface area contributed by atoms with Gasteiger partial charge in [-0.1, -0.05) is 12.1 Å². The Hall–Kier alpha value is -3.48. The molecule has 1 unspecified atom stereocenters. The summed E-state index contributed by atoms with van der Waals surface area (Å²) in [5.41, 5.74) is 0.896. The van der Waals surface area contributed by atoms with Gasteiger partial charge in [-0.05, 0) is 42.0 Å². The molecule has 28 heavy (non-hydrogen) atoms. The minimum atomic E-state index is -0.405. The summed E-state index contributed by atoms with van der Waals surface area (Å²) < 4.78 is 17.8. The number of rotatable bonds is 8. The van der Waals surface area contributed by atoms with Crippen LogP contribution in [-0.2, 0) is 11.8 Å². The van der Waals surface area contributed by atoms with Crippen LogP contribution in [0, 0.1) is 0 Å². The lowest BCUT2D eigenvalue weighted by Gasteiger charge is -2.19. The number of aryl methyl sites for hydroxylation is 1. The molecule has 1 aromatic heterocycles. The number of nitrogens with one attached hydrogen (secondary N) is 1. The molecule has 2 aromatic carbocycles. The van der Waals surface area contributed by atoms with E-state index in [0.29, 0.717) is 5.75 Å². The molecule has 0 aliphatic heterocycles. The van der Waals surface area contributed by atoms with Crippen molar-refractivity contribution in [3.63, 3.8) is 0 Å². The standard InChI is InChI=1S/C21H23N3O4/c1-24-13-12-22-21(24)20(15-4-6-16(26-2)7-5-15)23-19(25)14-28-18-10-8-17(27-3)9-11-18/h4-13,20H,14H2,1-3H3,(H,23,25). The summed E-state index contributed by atoms with van der Waals surface area (Å²) in [6.07, 6.45) is 3.54. The molecule has 0 fully saturated rings. The van der Waals surface area contributed by atoms with Crippen LogP contribution in [0.1, 0.15) is 17.4 Å². The lowest BCUT2D eigenvalue weighted by Crippen LogP contribution is -2.34. The molecule has 0 saturated carbocycles. The van der Waals surface area contributed by atoms with Crippen molar-refractivity contribution in [2.75, 3.05) is 20.8 Å². The molecular weight excluding hydrogens is 358 g/mol. The van der Waals surface area contributed by atoms with Gasteiger partial charge in [0.25, 0.3) is 5.91 Å². The molecule has 0 aliphatic carbocycles. The number of carbonyl (C=O) groups is 1. The van der Waals surface area contributed by atoms with Crippen molar-refractivity contribution in [2.45, 2.75) is 6.04 Å². The van der Waals surface area contributed by atoms with Gasteiger partial charge < -0.3 is 24.1 Å². The topological polar surface area (TPSA) is 74.6 Å². The van der Waals surface area contributed by atoms with E-state index >= 15 is 0 Å². The number of aromatic nitrogens is 2. The van der Waals surface area contributed by atoms with Gasteiger partial charge in [0.1, 0.15) is 29.1 Å². The van der Waals surface area contributed by atoms with Gasteiger partial charge in [-0.3, -0.25) is 4.79 Å². The predicted molar refractivity (Wildman–Crippen MR) is 105 cm³/mol.